The summed E-state index contributed by atoms with van der Waals surface area (Å²) in [6, 6.07) is 7.38. The molecule has 10 heteroatoms. The van der Waals surface area contributed by atoms with Gasteiger partial charge < -0.3 is 20.1 Å². The van der Waals surface area contributed by atoms with Gasteiger partial charge in [0.15, 0.2) is 5.88 Å². The summed E-state index contributed by atoms with van der Waals surface area (Å²) in [5.74, 6) is 2.21. The van der Waals surface area contributed by atoms with Gasteiger partial charge >= 0.3 is 0 Å². The van der Waals surface area contributed by atoms with Gasteiger partial charge in [-0.1, -0.05) is 41.7 Å². The molecule has 1 aromatic carbocycles. The molecular weight excluding hydrogens is 492 g/mol. The summed E-state index contributed by atoms with van der Waals surface area (Å²) < 4.78 is 20.2. The Hall–Kier alpha value is -2.22. The lowest BCUT2D eigenvalue weighted by Gasteiger charge is -2.26. The van der Waals surface area contributed by atoms with Crippen molar-refractivity contribution in [3.63, 3.8) is 0 Å². The van der Waals surface area contributed by atoms with Crippen LogP contribution in [0.4, 0.5) is 15.9 Å². The summed E-state index contributed by atoms with van der Waals surface area (Å²) in [5, 5.41) is 5.86. The Balaban J connectivity index is 0.00000122. The number of hydrogen-bond acceptors (Lipinski definition) is 5. The number of pyridine rings is 1. The van der Waals surface area contributed by atoms with Crippen LogP contribution in [0, 0.1) is 6.92 Å². The summed E-state index contributed by atoms with van der Waals surface area (Å²) >= 11 is 17.0. The maximum atomic E-state index is 11.9. The van der Waals surface area contributed by atoms with Gasteiger partial charge in [0, 0.05) is 23.9 Å². The molecule has 2 aromatic rings. The maximum absolute atomic E-state index is 11.9. The normalized spacial score (nSPS) is 14.9. The van der Waals surface area contributed by atoms with Crippen molar-refractivity contribution < 1.29 is 18.7 Å². The predicted octanol–water partition coefficient (Wildman–Crippen LogP) is 7.26. The third-order valence-electron chi connectivity index (χ3n) is 4.65. The van der Waals surface area contributed by atoms with Crippen LogP contribution in [0.2, 0.25) is 0 Å². The molecule has 180 valence electrons. The highest BCUT2D eigenvalue weighted by atomic mass is 35.6. The number of nitrogens with zero attached hydrogens (tertiary/aromatic N) is 1. The second kappa shape index (κ2) is 12.3. The van der Waals surface area contributed by atoms with Crippen molar-refractivity contribution in [3.05, 3.63) is 54.1 Å². The summed E-state index contributed by atoms with van der Waals surface area (Å²) in [6.07, 6.45) is 2.87. The van der Waals surface area contributed by atoms with Crippen LogP contribution in [0.3, 0.4) is 0 Å². The maximum Gasteiger partial charge on any atom is 0.226 e. The number of halogens is 4. The van der Waals surface area contributed by atoms with Crippen LogP contribution in [0.5, 0.6) is 11.5 Å². The molecule has 2 heterocycles. The third-order valence-corrected chi connectivity index (χ3v) is 4.98. The van der Waals surface area contributed by atoms with E-state index >= 15 is 0 Å². The van der Waals surface area contributed by atoms with Gasteiger partial charge in [-0.2, -0.15) is 0 Å². The monoisotopic (exact) mass is 517 g/mol. The predicted molar refractivity (Wildman–Crippen MR) is 132 cm³/mol. The molecule has 1 aliphatic rings. The van der Waals surface area contributed by atoms with Gasteiger partial charge in [0.2, 0.25) is 9.70 Å². The van der Waals surface area contributed by atoms with E-state index in [9.17, 15) is 9.18 Å². The van der Waals surface area contributed by atoms with Crippen LogP contribution in [-0.2, 0) is 9.53 Å². The lowest BCUT2D eigenvalue weighted by Crippen LogP contribution is -2.24. The van der Waals surface area contributed by atoms with E-state index in [1.165, 1.54) is 6.92 Å². The van der Waals surface area contributed by atoms with Crippen molar-refractivity contribution >= 4 is 52.2 Å². The molecule has 0 radical (unpaired) electrons. The number of fused-ring (bicyclic) bond motifs is 1. The Morgan fingerprint density at radius 2 is 2.03 bits per heavy atom. The molecule has 1 atom stereocenters. The first-order valence-corrected chi connectivity index (χ1v) is 11.5. The van der Waals surface area contributed by atoms with Gasteiger partial charge in [-0.3, -0.25) is 9.18 Å². The Labute approximate surface area is 208 Å². The number of benzene rings is 1. The topological polar surface area (TPSA) is 72.5 Å². The Kier molecular flexibility index (Phi) is 10.1. The molecule has 0 spiro atoms. The fraction of sp³-hybridized carbons (Fsp3) is 0.391. The molecule has 0 bridgehead atoms. The standard InChI is InChI=1S/C21H22Cl3N3O3.C2H5F/c1-4-14-10-18(28)27-20-19(14)17(7-8-25-20)30-15-5-6-16(12(2)9-15)26-13(3)29-11-21(22,23)24;1-2-3/h5-9,14,26H,3-4,10-11H2,1-2H3,(H,25,27,28);2H2,1H3. The van der Waals surface area contributed by atoms with Crippen LogP contribution < -0.4 is 15.4 Å². The molecule has 6 nitrogen and oxygen atoms in total. The lowest BCUT2D eigenvalue weighted by atomic mass is 9.90. The van der Waals surface area contributed by atoms with E-state index in [0.29, 0.717) is 23.7 Å². The zero-order valence-corrected chi connectivity index (χ0v) is 21.0. The summed E-state index contributed by atoms with van der Waals surface area (Å²) in [7, 11) is 0. The number of carbonyl (C=O) groups excluding carboxylic acids is 1. The minimum absolute atomic E-state index is 0.0255. The molecule has 0 fully saturated rings. The summed E-state index contributed by atoms with van der Waals surface area (Å²) in [4.78, 5) is 16.2. The van der Waals surface area contributed by atoms with Crippen molar-refractivity contribution in [3.8, 4) is 11.5 Å². The van der Waals surface area contributed by atoms with Crippen LogP contribution in [0.1, 0.15) is 43.7 Å². The minimum Gasteiger partial charge on any atom is -0.475 e. The van der Waals surface area contributed by atoms with Crippen LogP contribution in [0.15, 0.2) is 42.9 Å². The van der Waals surface area contributed by atoms with E-state index in [1.807, 2.05) is 38.1 Å². The molecule has 2 N–H and O–H groups in total. The minimum atomic E-state index is -1.52. The molecular formula is C23H27Cl3FN3O3. The van der Waals surface area contributed by atoms with Crippen molar-refractivity contribution in [1.82, 2.24) is 4.98 Å². The second-order valence-electron chi connectivity index (χ2n) is 7.23. The molecule has 0 saturated carbocycles. The summed E-state index contributed by atoms with van der Waals surface area (Å²) in [5.41, 5.74) is 2.62. The molecule has 0 saturated heterocycles. The molecule has 1 aromatic heterocycles. The lowest BCUT2D eigenvalue weighted by molar-refractivity contribution is -0.116. The number of carbonyl (C=O) groups is 1. The van der Waals surface area contributed by atoms with Crippen molar-refractivity contribution in [2.24, 2.45) is 0 Å². The zero-order chi connectivity index (χ0) is 24.6. The van der Waals surface area contributed by atoms with E-state index in [4.69, 9.17) is 44.3 Å². The van der Waals surface area contributed by atoms with Crippen molar-refractivity contribution in [2.75, 3.05) is 23.9 Å². The quantitative estimate of drug-likeness (QED) is 0.298. The van der Waals surface area contributed by atoms with Crippen LogP contribution in [-0.4, -0.2) is 28.0 Å². The van der Waals surface area contributed by atoms with Crippen molar-refractivity contribution in [2.45, 2.75) is 43.3 Å². The van der Waals surface area contributed by atoms with E-state index in [2.05, 4.69) is 22.2 Å². The highest BCUT2D eigenvalue weighted by Gasteiger charge is 2.28. The molecule has 1 aliphatic heterocycles. The largest absolute Gasteiger partial charge is 0.475 e. The first kappa shape index (κ1) is 27.0. The Morgan fingerprint density at radius 3 is 2.64 bits per heavy atom. The van der Waals surface area contributed by atoms with Crippen molar-refractivity contribution in [1.29, 1.82) is 0 Å². The smallest absolute Gasteiger partial charge is 0.226 e. The van der Waals surface area contributed by atoms with Gasteiger partial charge in [-0.15, -0.1) is 0 Å². The highest BCUT2D eigenvalue weighted by Crippen LogP contribution is 2.41. The van der Waals surface area contributed by atoms with E-state index < -0.39 is 3.79 Å². The molecule has 0 aliphatic carbocycles. The number of ether oxygens (including phenoxy) is 2. The Bertz CT molecular complexity index is 983. The number of hydrogen-bond donors (Lipinski definition) is 2. The van der Waals surface area contributed by atoms with E-state index in [0.717, 1.165) is 23.2 Å². The van der Waals surface area contributed by atoms with Gasteiger partial charge in [-0.25, -0.2) is 4.98 Å². The van der Waals surface area contributed by atoms with E-state index in [-0.39, 0.29) is 31.0 Å². The Morgan fingerprint density at radius 1 is 1.33 bits per heavy atom. The van der Waals surface area contributed by atoms with Crippen LogP contribution in [0.25, 0.3) is 0 Å². The SMILES string of the molecule is C=C(Nc1ccc(Oc2ccnc3c2C(CC)CC(=O)N3)cc1C)OCC(Cl)(Cl)Cl.CCF. The number of alkyl halides is 4. The number of amides is 1. The first-order valence-electron chi connectivity index (χ1n) is 10.4. The number of rotatable bonds is 7. The molecule has 1 unspecified atom stereocenters. The van der Waals surface area contributed by atoms with Gasteiger partial charge in [0.1, 0.15) is 23.9 Å². The highest BCUT2D eigenvalue weighted by molar-refractivity contribution is 6.67. The van der Waals surface area contributed by atoms with Gasteiger partial charge in [0.25, 0.3) is 0 Å². The molecule has 33 heavy (non-hydrogen) atoms. The van der Waals surface area contributed by atoms with Gasteiger partial charge in [-0.05, 0) is 62.6 Å². The number of nitrogens with one attached hydrogen (secondary N) is 2. The fourth-order valence-electron chi connectivity index (χ4n) is 3.22. The number of aryl methyl sites for hydroxylation is 1. The molecule has 1 amide bonds. The second-order valence-corrected chi connectivity index (χ2v) is 9.74. The fourth-order valence-corrected chi connectivity index (χ4v) is 3.38. The van der Waals surface area contributed by atoms with Crippen LogP contribution >= 0.6 is 34.8 Å². The number of anilines is 2. The average Bonchev–Trinajstić information content (AvgIpc) is 2.73. The number of aromatic nitrogens is 1. The summed E-state index contributed by atoms with van der Waals surface area (Å²) in [6.45, 7) is 8.84. The first-order chi connectivity index (χ1) is 15.6. The van der Waals surface area contributed by atoms with E-state index in [1.54, 1.807) is 6.20 Å². The molecule has 3 rings (SSSR count). The van der Waals surface area contributed by atoms with Gasteiger partial charge in [0.05, 0.1) is 6.67 Å². The zero-order valence-electron chi connectivity index (χ0n) is 18.7. The average molecular weight is 519 g/mol. The third kappa shape index (κ3) is 8.25.